The first-order valence-corrected chi connectivity index (χ1v) is 3.25. The maximum absolute atomic E-state index is 4.13. The Balaban J connectivity index is 2.49. The topological polar surface area (TPSA) is 30.7 Å². The molecule has 1 aliphatic heterocycles. The Morgan fingerprint density at radius 3 is 3.44 bits per heavy atom. The van der Waals surface area contributed by atoms with E-state index in [1.807, 2.05) is 4.68 Å². The van der Waals surface area contributed by atoms with Gasteiger partial charge in [-0.05, 0) is 6.42 Å². The zero-order valence-electron chi connectivity index (χ0n) is 5.41. The molecule has 3 nitrogen and oxygen atoms in total. The van der Waals surface area contributed by atoms with Crippen LogP contribution in [0.2, 0.25) is 0 Å². The zero-order valence-corrected chi connectivity index (χ0v) is 5.41. The van der Waals surface area contributed by atoms with E-state index in [2.05, 4.69) is 17.0 Å². The molecule has 0 radical (unpaired) electrons. The molecule has 2 rings (SSSR count). The molecule has 1 atom stereocenters. The molecule has 3 heteroatoms. The molecule has 1 aliphatic rings. The van der Waals surface area contributed by atoms with E-state index < -0.39 is 0 Å². The summed E-state index contributed by atoms with van der Waals surface area (Å²) in [6.07, 6.45) is 2.83. The number of hydrogen-bond donors (Lipinski definition) is 0. The van der Waals surface area contributed by atoms with Gasteiger partial charge in [0.1, 0.15) is 12.2 Å². The summed E-state index contributed by atoms with van der Waals surface area (Å²) in [6, 6.07) is 0. The lowest BCUT2D eigenvalue weighted by molar-refractivity contribution is 0.643. The molecule has 0 aromatic carbocycles. The third-order valence-electron chi connectivity index (χ3n) is 1.86. The highest BCUT2D eigenvalue weighted by molar-refractivity contribution is 4.98. The third-order valence-corrected chi connectivity index (χ3v) is 1.86. The van der Waals surface area contributed by atoms with Gasteiger partial charge in [-0.15, -0.1) is 0 Å². The summed E-state index contributed by atoms with van der Waals surface area (Å²) in [5.74, 6) is 1.77. The minimum atomic E-state index is 0.618. The van der Waals surface area contributed by atoms with Crippen LogP contribution in [0.15, 0.2) is 6.33 Å². The molecule has 0 spiro atoms. The van der Waals surface area contributed by atoms with Crippen LogP contribution in [0.25, 0.3) is 0 Å². The van der Waals surface area contributed by atoms with Crippen LogP contribution in [0.5, 0.6) is 0 Å². The molecule has 0 amide bonds. The van der Waals surface area contributed by atoms with Crippen LogP contribution in [0.3, 0.4) is 0 Å². The van der Waals surface area contributed by atoms with E-state index in [-0.39, 0.29) is 0 Å². The number of aryl methyl sites for hydroxylation is 1. The minimum Gasteiger partial charge on any atom is -0.250 e. The smallest absolute Gasteiger partial charge is 0.138 e. The molecule has 0 unspecified atom stereocenters. The summed E-state index contributed by atoms with van der Waals surface area (Å²) in [7, 11) is 0. The largest absolute Gasteiger partial charge is 0.250 e. The van der Waals surface area contributed by atoms with E-state index >= 15 is 0 Å². The monoisotopic (exact) mass is 123 g/mol. The van der Waals surface area contributed by atoms with Gasteiger partial charge in [0.15, 0.2) is 0 Å². The summed E-state index contributed by atoms with van der Waals surface area (Å²) in [5, 5.41) is 4.05. The van der Waals surface area contributed by atoms with Crippen LogP contribution in [-0.2, 0) is 6.54 Å². The van der Waals surface area contributed by atoms with Crippen LogP contribution in [0.1, 0.15) is 25.1 Å². The SMILES string of the molecule is C[C@H]1CCn2ncnc21. The average Bonchev–Trinajstić information content (AvgIpc) is 2.35. The molecular weight excluding hydrogens is 114 g/mol. The second kappa shape index (κ2) is 1.56. The number of nitrogens with zero attached hydrogens (tertiary/aromatic N) is 3. The van der Waals surface area contributed by atoms with Gasteiger partial charge in [0.05, 0.1) is 0 Å². The van der Waals surface area contributed by atoms with Gasteiger partial charge in [-0.3, -0.25) is 0 Å². The fourth-order valence-corrected chi connectivity index (χ4v) is 1.27. The van der Waals surface area contributed by atoms with Gasteiger partial charge in [-0.2, -0.15) is 5.10 Å². The molecular formula is C6H9N3. The van der Waals surface area contributed by atoms with Gasteiger partial charge in [0, 0.05) is 12.5 Å². The maximum atomic E-state index is 4.13. The van der Waals surface area contributed by atoms with Crippen molar-refractivity contribution in [1.82, 2.24) is 14.8 Å². The summed E-state index contributed by atoms with van der Waals surface area (Å²) in [4.78, 5) is 4.13. The molecule has 48 valence electrons. The Labute approximate surface area is 53.7 Å². The molecule has 1 aromatic rings. The highest BCUT2D eigenvalue weighted by atomic mass is 15.3. The second-order valence-corrected chi connectivity index (χ2v) is 2.53. The lowest BCUT2D eigenvalue weighted by Crippen LogP contribution is -1.93. The summed E-state index contributed by atoms with van der Waals surface area (Å²) >= 11 is 0. The predicted octanol–water partition coefficient (Wildman–Crippen LogP) is 0.785. The third kappa shape index (κ3) is 0.573. The van der Waals surface area contributed by atoms with Gasteiger partial charge < -0.3 is 0 Å². The van der Waals surface area contributed by atoms with Crippen molar-refractivity contribution in [1.29, 1.82) is 0 Å². The van der Waals surface area contributed by atoms with Crippen molar-refractivity contribution in [2.24, 2.45) is 0 Å². The lowest BCUT2D eigenvalue weighted by atomic mass is 10.1. The van der Waals surface area contributed by atoms with Crippen LogP contribution in [0.4, 0.5) is 0 Å². The molecule has 1 aromatic heterocycles. The van der Waals surface area contributed by atoms with E-state index in [0.717, 1.165) is 12.4 Å². The summed E-state index contributed by atoms with van der Waals surface area (Å²) < 4.78 is 1.98. The first-order valence-electron chi connectivity index (χ1n) is 3.25. The predicted molar refractivity (Wildman–Crippen MR) is 33.1 cm³/mol. The zero-order chi connectivity index (χ0) is 6.27. The van der Waals surface area contributed by atoms with Crippen molar-refractivity contribution in [3.8, 4) is 0 Å². The molecule has 0 N–H and O–H groups in total. The first kappa shape index (κ1) is 4.97. The van der Waals surface area contributed by atoms with E-state index in [9.17, 15) is 0 Å². The Morgan fingerprint density at radius 1 is 1.78 bits per heavy atom. The van der Waals surface area contributed by atoms with E-state index in [1.54, 1.807) is 6.33 Å². The van der Waals surface area contributed by atoms with Crippen molar-refractivity contribution in [2.75, 3.05) is 0 Å². The molecule has 0 saturated carbocycles. The van der Waals surface area contributed by atoms with Crippen LogP contribution in [-0.4, -0.2) is 14.8 Å². The van der Waals surface area contributed by atoms with E-state index in [0.29, 0.717) is 5.92 Å². The van der Waals surface area contributed by atoms with Crippen molar-refractivity contribution in [3.05, 3.63) is 12.2 Å². The van der Waals surface area contributed by atoms with E-state index in [1.165, 1.54) is 6.42 Å². The van der Waals surface area contributed by atoms with Gasteiger partial charge in [-0.25, -0.2) is 9.67 Å². The standard InChI is InChI=1S/C6H9N3/c1-5-2-3-9-6(5)7-4-8-9/h4-5H,2-3H2,1H3/t5-/m0/s1. The van der Waals surface area contributed by atoms with Crippen LogP contribution < -0.4 is 0 Å². The van der Waals surface area contributed by atoms with Crippen molar-refractivity contribution in [3.63, 3.8) is 0 Å². The van der Waals surface area contributed by atoms with Gasteiger partial charge >= 0.3 is 0 Å². The quantitative estimate of drug-likeness (QED) is 0.510. The molecule has 0 bridgehead atoms. The number of fused-ring (bicyclic) bond motifs is 1. The lowest BCUT2D eigenvalue weighted by Gasteiger charge is -1.93. The van der Waals surface area contributed by atoms with Gasteiger partial charge in [-0.1, -0.05) is 6.92 Å². The van der Waals surface area contributed by atoms with Gasteiger partial charge in [0.25, 0.3) is 0 Å². The molecule has 9 heavy (non-hydrogen) atoms. The van der Waals surface area contributed by atoms with Crippen molar-refractivity contribution < 1.29 is 0 Å². The Kier molecular flexibility index (Phi) is 0.860. The second-order valence-electron chi connectivity index (χ2n) is 2.53. The number of aromatic nitrogens is 3. The van der Waals surface area contributed by atoms with Crippen molar-refractivity contribution >= 4 is 0 Å². The summed E-state index contributed by atoms with van der Waals surface area (Å²) in [5.41, 5.74) is 0. The maximum Gasteiger partial charge on any atom is 0.138 e. The Bertz CT molecular complexity index is 216. The minimum absolute atomic E-state index is 0.618. The first-order chi connectivity index (χ1) is 4.38. The van der Waals surface area contributed by atoms with Crippen molar-refractivity contribution in [2.45, 2.75) is 25.8 Å². The van der Waals surface area contributed by atoms with E-state index in [4.69, 9.17) is 0 Å². The average molecular weight is 123 g/mol. The fraction of sp³-hybridized carbons (Fsp3) is 0.667. The van der Waals surface area contributed by atoms with Crippen LogP contribution in [0, 0.1) is 0 Å². The Hall–Kier alpha value is -0.860. The Morgan fingerprint density at radius 2 is 2.67 bits per heavy atom. The van der Waals surface area contributed by atoms with Crippen LogP contribution >= 0.6 is 0 Å². The molecule has 0 aliphatic carbocycles. The molecule has 2 heterocycles. The normalized spacial score (nSPS) is 24.3. The number of rotatable bonds is 0. The molecule has 0 saturated heterocycles. The highest BCUT2D eigenvalue weighted by Crippen LogP contribution is 2.23. The van der Waals surface area contributed by atoms with Gasteiger partial charge in [0.2, 0.25) is 0 Å². The fourth-order valence-electron chi connectivity index (χ4n) is 1.27. The highest BCUT2D eigenvalue weighted by Gasteiger charge is 2.19. The number of hydrogen-bond acceptors (Lipinski definition) is 2. The summed E-state index contributed by atoms with van der Waals surface area (Å²) in [6.45, 7) is 3.24. The molecule has 0 fully saturated rings.